The van der Waals surface area contributed by atoms with Crippen LogP contribution in [0, 0.1) is 0 Å². The smallest absolute Gasteiger partial charge is 0.129 e. The number of nitrogens with zero attached hydrogens (tertiary/aromatic N) is 2. The van der Waals surface area contributed by atoms with Crippen molar-refractivity contribution in [1.82, 2.24) is 9.97 Å². The van der Waals surface area contributed by atoms with Gasteiger partial charge in [-0.15, -0.1) is 0 Å². The van der Waals surface area contributed by atoms with Crippen LogP contribution in [0.5, 0.6) is 0 Å². The van der Waals surface area contributed by atoms with Crippen molar-refractivity contribution in [2.24, 2.45) is 0 Å². The first-order valence-electron chi connectivity index (χ1n) is 4.05. The van der Waals surface area contributed by atoms with E-state index < -0.39 is 0 Å². The number of hydrogen-bond donors (Lipinski definition) is 1. The standard InChI is InChI=1S/C8H11N3O/c1-3-9-6-10-8(1)11-7-2-4-12-5-7/h1,3,6-7H,2,4-5H2,(H,9,10,11)/t7-/m1/s1. The van der Waals surface area contributed by atoms with Gasteiger partial charge in [0.25, 0.3) is 0 Å². The Labute approximate surface area is 71.0 Å². The molecule has 1 aromatic rings. The van der Waals surface area contributed by atoms with Gasteiger partial charge in [-0.05, 0) is 12.5 Å². The van der Waals surface area contributed by atoms with Crippen molar-refractivity contribution in [3.05, 3.63) is 18.6 Å². The average molecular weight is 165 g/mol. The summed E-state index contributed by atoms with van der Waals surface area (Å²) in [5, 5.41) is 3.26. The number of anilines is 1. The Hall–Kier alpha value is -1.16. The van der Waals surface area contributed by atoms with Crippen molar-refractivity contribution >= 4 is 5.82 Å². The Morgan fingerprint density at radius 2 is 2.58 bits per heavy atom. The molecular formula is C8H11N3O. The van der Waals surface area contributed by atoms with Crippen molar-refractivity contribution in [2.45, 2.75) is 12.5 Å². The molecule has 0 aliphatic carbocycles. The third-order valence-electron chi connectivity index (χ3n) is 1.86. The third-order valence-corrected chi connectivity index (χ3v) is 1.86. The van der Waals surface area contributed by atoms with Gasteiger partial charge in [0.1, 0.15) is 12.1 Å². The van der Waals surface area contributed by atoms with E-state index in [1.807, 2.05) is 6.07 Å². The maximum Gasteiger partial charge on any atom is 0.129 e. The zero-order valence-electron chi connectivity index (χ0n) is 6.73. The summed E-state index contributed by atoms with van der Waals surface area (Å²) >= 11 is 0. The molecular weight excluding hydrogens is 154 g/mol. The van der Waals surface area contributed by atoms with Crippen LogP contribution in [0.2, 0.25) is 0 Å². The highest BCUT2D eigenvalue weighted by atomic mass is 16.5. The van der Waals surface area contributed by atoms with Crippen LogP contribution in [-0.4, -0.2) is 29.2 Å². The molecule has 0 saturated carbocycles. The number of hydrogen-bond acceptors (Lipinski definition) is 4. The van der Waals surface area contributed by atoms with Crippen molar-refractivity contribution in [3.63, 3.8) is 0 Å². The topological polar surface area (TPSA) is 47.0 Å². The van der Waals surface area contributed by atoms with E-state index in [0.29, 0.717) is 6.04 Å². The van der Waals surface area contributed by atoms with E-state index in [1.54, 1.807) is 6.20 Å². The Morgan fingerprint density at radius 1 is 1.58 bits per heavy atom. The molecule has 4 heteroatoms. The van der Waals surface area contributed by atoms with Crippen molar-refractivity contribution < 1.29 is 4.74 Å². The summed E-state index contributed by atoms with van der Waals surface area (Å²) in [6.07, 6.45) is 4.33. The summed E-state index contributed by atoms with van der Waals surface area (Å²) in [7, 11) is 0. The summed E-state index contributed by atoms with van der Waals surface area (Å²) in [6, 6.07) is 2.28. The molecule has 2 rings (SSSR count). The lowest BCUT2D eigenvalue weighted by Crippen LogP contribution is -2.19. The predicted molar refractivity (Wildman–Crippen MR) is 44.9 cm³/mol. The highest BCUT2D eigenvalue weighted by molar-refractivity contribution is 5.33. The first-order chi connectivity index (χ1) is 5.95. The minimum atomic E-state index is 0.417. The Morgan fingerprint density at radius 3 is 3.25 bits per heavy atom. The zero-order valence-corrected chi connectivity index (χ0v) is 6.73. The highest BCUT2D eigenvalue weighted by Gasteiger charge is 2.14. The minimum Gasteiger partial charge on any atom is -0.379 e. The molecule has 0 bridgehead atoms. The van der Waals surface area contributed by atoms with Gasteiger partial charge >= 0.3 is 0 Å². The monoisotopic (exact) mass is 165 g/mol. The average Bonchev–Trinajstić information content (AvgIpc) is 2.59. The second-order valence-corrected chi connectivity index (χ2v) is 2.80. The first-order valence-corrected chi connectivity index (χ1v) is 4.05. The van der Waals surface area contributed by atoms with Gasteiger partial charge in [-0.3, -0.25) is 0 Å². The molecule has 1 aromatic heterocycles. The van der Waals surface area contributed by atoms with Gasteiger partial charge in [0.2, 0.25) is 0 Å². The molecule has 1 aliphatic heterocycles. The van der Waals surface area contributed by atoms with Gasteiger partial charge in [0, 0.05) is 12.8 Å². The van der Waals surface area contributed by atoms with Crippen LogP contribution in [-0.2, 0) is 4.74 Å². The molecule has 0 aromatic carbocycles. The fraction of sp³-hybridized carbons (Fsp3) is 0.500. The summed E-state index contributed by atoms with van der Waals surface area (Å²) in [4.78, 5) is 7.90. The second-order valence-electron chi connectivity index (χ2n) is 2.80. The molecule has 64 valence electrons. The maximum absolute atomic E-state index is 5.22. The predicted octanol–water partition coefficient (Wildman–Crippen LogP) is 0.677. The van der Waals surface area contributed by atoms with Gasteiger partial charge in [0.15, 0.2) is 0 Å². The molecule has 0 amide bonds. The van der Waals surface area contributed by atoms with Gasteiger partial charge < -0.3 is 10.1 Å². The summed E-state index contributed by atoms with van der Waals surface area (Å²) in [6.45, 7) is 1.63. The molecule has 1 fully saturated rings. The minimum absolute atomic E-state index is 0.417. The lowest BCUT2D eigenvalue weighted by molar-refractivity contribution is 0.195. The second kappa shape index (κ2) is 3.49. The molecule has 2 heterocycles. The zero-order chi connectivity index (χ0) is 8.23. The van der Waals surface area contributed by atoms with Gasteiger partial charge in [0.05, 0.1) is 12.6 Å². The third kappa shape index (κ3) is 1.71. The molecule has 4 nitrogen and oxygen atoms in total. The van der Waals surface area contributed by atoms with E-state index >= 15 is 0 Å². The summed E-state index contributed by atoms with van der Waals surface area (Å²) in [5.74, 6) is 0.875. The fourth-order valence-electron chi connectivity index (χ4n) is 1.23. The fourth-order valence-corrected chi connectivity index (χ4v) is 1.23. The quantitative estimate of drug-likeness (QED) is 0.700. The lowest BCUT2D eigenvalue weighted by atomic mass is 10.2. The molecule has 0 unspecified atom stereocenters. The van der Waals surface area contributed by atoms with Gasteiger partial charge in [-0.2, -0.15) is 0 Å². The molecule has 1 aliphatic rings. The molecule has 0 spiro atoms. The number of rotatable bonds is 2. The molecule has 0 radical (unpaired) electrons. The van der Waals surface area contributed by atoms with E-state index in [4.69, 9.17) is 4.74 Å². The SMILES string of the molecule is c1cc(N[C@@H]2CCOC2)ncn1. The molecule has 1 N–H and O–H groups in total. The van der Waals surface area contributed by atoms with E-state index in [9.17, 15) is 0 Å². The Kier molecular flexibility index (Phi) is 2.18. The number of ether oxygens (including phenoxy) is 1. The van der Waals surface area contributed by atoms with Crippen molar-refractivity contribution in [3.8, 4) is 0 Å². The number of nitrogens with one attached hydrogen (secondary N) is 1. The lowest BCUT2D eigenvalue weighted by Gasteiger charge is -2.09. The van der Waals surface area contributed by atoms with Crippen LogP contribution in [0.3, 0.4) is 0 Å². The summed E-state index contributed by atoms with van der Waals surface area (Å²) in [5.41, 5.74) is 0. The number of aromatic nitrogens is 2. The molecule has 1 saturated heterocycles. The largest absolute Gasteiger partial charge is 0.379 e. The van der Waals surface area contributed by atoms with E-state index in [0.717, 1.165) is 25.5 Å². The van der Waals surface area contributed by atoms with Gasteiger partial charge in [-0.1, -0.05) is 0 Å². The van der Waals surface area contributed by atoms with Gasteiger partial charge in [-0.25, -0.2) is 9.97 Å². The van der Waals surface area contributed by atoms with Crippen LogP contribution >= 0.6 is 0 Å². The normalized spacial score (nSPS) is 22.5. The van der Waals surface area contributed by atoms with E-state index in [2.05, 4.69) is 15.3 Å². The highest BCUT2D eigenvalue weighted by Crippen LogP contribution is 2.09. The van der Waals surface area contributed by atoms with Crippen molar-refractivity contribution in [2.75, 3.05) is 18.5 Å². The van der Waals surface area contributed by atoms with Crippen LogP contribution in [0.4, 0.5) is 5.82 Å². The van der Waals surface area contributed by atoms with E-state index in [-0.39, 0.29) is 0 Å². The molecule has 1 atom stereocenters. The first kappa shape index (κ1) is 7.49. The van der Waals surface area contributed by atoms with Crippen LogP contribution in [0.1, 0.15) is 6.42 Å². The maximum atomic E-state index is 5.22. The van der Waals surface area contributed by atoms with Crippen molar-refractivity contribution in [1.29, 1.82) is 0 Å². The van der Waals surface area contributed by atoms with Crippen LogP contribution in [0.25, 0.3) is 0 Å². The van der Waals surface area contributed by atoms with Crippen LogP contribution < -0.4 is 5.32 Å². The molecule has 12 heavy (non-hydrogen) atoms. The Bertz CT molecular complexity index is 233. The Balaban J connectivity index is 1.94. The van der Waals surface area contributed by atoms with Crippen LogP contribution in [0.15, 0.2) is 18.6 Å². The summed E-state index contributed by atoms with van der Waals surface area (Å²) < 4.78 is 5.22. The van der Waals surface area contributed by atoms with E-state index in [1.165, 1.54) is 6.33 Å².